The van der Waals surface area contributed by atoms with Crippen LogP contribution in [0.4, 0.5) is 0 Å². The van der Waals surface area contributed by atoms with E-state index in [9.17, 15) is 14.4 Å². The fourth-order valence-corrected chi connectivity index (χ4v) is 3.41. The molecule has 0 aromatic heterocycles. The lowest BCUT2D eigenvalue weighted by atomic mass is 10.00. The van der Waals surface area contributed by atoms with Gasteiger partial charge in [0.25, 0.3) is 11.8 Å². The Labute approximate surface area is 149 Å². The number of hydrogen-bond donors (Lipinski definition) is 0. The van der Waals surface area contributed by atoms with E-state index < -0.39 is 17.9 Å². The molecule has 2 aromatic rings. The lowest BCUT2D eigenvalue weighted by molar-refractivity contribution is -0.117. The second-order valence-corrected chi connectivity index (χ2v) is 6.46. The summed E-state index contributed by atoms with van der Waals surface area (Å²) in [7, 11) is 0. The average Bonchev–Trinajstić information content (AvgIpc) is 2.77. The van der Waals surface area contributed by atoms with Gasteiger partial charge in [-0.15, -0.1) is 0 Å². The van der Waals surface area contributed by atoms with Crippen molar-refractivity contribution in [1.29, 1.82) is 0 Å². The van der Waals surface area contributed by atoms with Crippen molar-refractivity contribution in [2.75, 3.05) is 0 Å². The first-order valence-electron chi connectivity index (χ1n) is 7.31. The number of carbonyl (C=O) groups excluding carboxylic acids is 3. The number of Topliss-reactive ketones (excluding diaryl/α,β-unsaturated/α-hetero) is 1. The molecule has 1 unspecified atom stereocenters. The number of imide groups is 1. The Morgan fingerprint density at radius 2 is 1.62 bits per heavy atom. The summed E-state index contributed by atoms with van der Waals surface area (Å²) in [5.41, 5.74) is 1.19. The van der Waals surface area contributed by atoms with Gasteiger partial charge >= 0.3 is 0 Å². The maximum Gasteiger partial charge on any atom is 0.262 e. The summed E-state index contributed by atoms with van der Waals surface area (Å²) in [6.07, 6.45) is -0.00712. The van der Waals surface area contributed by atoms with Gasteiger partial charge in [-0.2, -0.15) is 0 Å². The van der Waals surface area contributed by atoms with Crippen LogP contribution in [0.2, 0.25) is 10.0 Å². The maximum atomic E-state index is 12.7. The Hall–Kier alpha value is -2.17. The molecule has 122 valence electrons. The monoisotopic (exact) mass is 361 g/mol. The Bertz CT molecular complexity index is 828. The highest BCUT2D eigenvalue weighted by Crippen LogP contribution is 2.37. The van der Waals surface area contributed by atoms with Gasteiger partial charge in [0.2, 0.25) is 0 Å². The molecule has 0 N–H and O–H groups in total. The predicted molar refractivity (Wildman–Crippen MR) is 91.4 cm³/mol. The van der Waals surface area contributed by atoms with E-state index in [0.29, 0.717) is 26.7 Å². The van der Waals surface area contributed by atoms with Crippen LogP contribution >= 0.6 is 23.2 Å². The van der Waals surface area contributed by atoms with Crippen LogP contribution in [-0.4, -0.2) is 22.5 Å². The van der Waals surface area contributed by atoms with Gasteiger partial charge in [0.15, 0.2) is 0 Å². The van der Waals surface area contributed by atoms with Gasteiger partial charge in [0.05, 0.1) is 17.2 Å². The fourth-order valence-electron chi connectivity index (χ4n) is 2.88. The molecule has 1 aliphatic rings. The van der Waals surface area contributed by atoms with Crippen molar-refractivity contribution in [3.8, 4) is 0 Å². The number of amides is 2. The molecule has 0 saturated carbocycles. The molecule has 1 atom stereocenters. The zero-order chi connectivity index (χ0) is 17.4. The summed E-state index contributed by atoms with van der Waals surface area (Å²) in [4.78, 5) is 38.3. The molecule has 0 fully saturated rings. The molecule has 0 radical (unpaired) electrons. The number of rotatable bonds is 4. The van der Waals surface area contributed by atoms with Crippen LogP contribution < -0.4 is 0 Å². The Kier molecular flexibility index (Phi) is 4.43. The molecule has 2 aromatic carbocycles. The van der Waals surface area contributed by atoms with Crippen LogP contribution in [0.25, 0.3) is 0 Å². The zero-order valence-electron chi connectivity index (χ0n) is 12.8. The number of fused-ring (bicyclic) bond motifs is 1. The summed E-state index contributed by atoms with van der Waals surface area (Å²) < 4.78 is 0. The Morgan fingerprint density at radius 1 is 1.04 bits per heavy atom. The summed E-state index contributed by atoms with van der Waals surface area (Å²) in [6.45, 7) is 1.41. The van der Waals surface area contributed by atoms with Crippen LogP contribution in [0.1, 0.15) is 45.7 Å². The lowest BCUT2D eigenvalue weighted by Crippen LogP contribution is -2.35. The minimum atomic E-state index is -0.764. The predicted octanol–water partition coefficient (Wildman–Crippen LogP) is 4.31. The van der Waals surface area contributed by atoms with E-state index in [4.69, 9.17) is 23.2 Å². The first kappa shape index (κ1) is 16.7. The molecule has 0 aliphatic carbocycles. The molecule has 4 nitrogen and oxygen atoms in total. The second kappa shape index (κ2) is 6.38. The quantitative estimate of drug-likeness (QED) is 0.762. The third-order valence-electron chi connectivity index (χ3n) is 3.94. The first-order chi connectivity index (χ1) is 11.4. The Balaban J connectivity index is 2.09. The van der Waals surface area contributed by atoms with Gasteiger partial charge in [-0.25, -0.2) is 0 Å². The molecule has 1 heterocycles. The number of ketones is 1. The molecule has 3 rings (SSSR count). The van der Waals surface area contributed by atoms with Crippen LogP contribution in [0.3, 0.4) is 0 Å². The van der Waals surface area contributed by atoms with Crippen molar-refractivity contribution < 1.29 is 14.4 Å². The SMILES string of the molecule is CC(=O)CC(c1ccc(Cl)cc1Cl)N1C(=O)c2ccccc2C1=O. The largest absolute Gasteiger partial charge is 0.300 e. The van der Waals surface area contributed by atoms with Crippen molar-refractivity contribution in [3.05, 3.63) is 69.2 Å². The zero-order valence-corrected chi connectivity index (χ0v) is 14.3. The third-order valence-corrected chi connectivity index (χ3v) is 4.50. The standard InChI is InChI=1S/C18H13Cl2NO3/c1-10(22)8-16(14-7-6-11(19)9-15(14)20)21-17(23)12-4-2-3-5-13(12)18(21)24/h2-7,9,16H,8H2,1H3. The maximum absolute atomic E-state index is 12.7. The topological polar surface area (TPSA) is 54.5 Å². The van der Waals surface area contributed by atoms with Gasteiger partial charge in [-0.3, -0.25) is 19.3 Å². The minimum absolute atomic E-state index is 0.00712. The number of hydrogen-bond acceptors (Lipinski definition) is 3. The molecule has 6 heteroatoms. The molecular weight excluding hydrogens is 349 g/mol. The molecule has 24 heavy (non-hydrogen) atoms. The molecule has 1 aliphatic heterocycles. The van der Waals surface area contributed by atoms with Crippen molar-refractivity contribution in [1.82, 2.24) is 4.90 Å². The summed E-state index contributed by atoms with van der Waals surface area (Å²) in [5.74, 6) is -0.997. The minimum Gasteiger partial charge on any atom is -0.300 e. The molecular formula is C18H13Cl2NO3. The third kappa shape index (κ3) is 2.83. The van der Waals surface area contributed by atoms with E-state index in [2.05, 4.69) is 0 Å². The molecule has 0 bridgehead atoms. The molecule has 0 spiro atoms. The fraction of sp³-hybridized carbons (Fsp3) is 0.167. The first-order valence-corrected chi connectivity index (χ1v) is 8.07. The van der Waals surface area contributed by atoms with Crippen molar-refractivity contribution in [2.24, 2.45) is 0 Å². The number of benzene rings is 2. The van der Waals surface area contributed by atoms with Crippen molar-refractivity contribution >= 4 is 40.8 Å². The average molecular weight is 362 g/mol. The lowest BCUT2D eigenvalue weighted by Gasteiger charge is -2.26. The van der Waals surface area contributed by atoms with Gasteiger partial charge in [0, 0.05) is 16.5 Å². The second-order valence-electron chi connectivity index (χ2n) is 5.61. The van der Waals surface area contributed by atoms with Crippen LogP contribution in [-0.2, 0) is 4.79 Å². The highest BCUT2D eigenvalue weighted by molar-refractivity contribution is 6.35. The normalized spacial score (nSPS) is 14.7. The van der Waals surface area contributed by atoms with Crippen LogP contribution in [0.15, 0.2) is 42.5 Å². The van der Waals surface area contributed by atoms with Crippen LogP contribution in [0, 0.1) is 0 Å². The van der Waals surface area contributed by atoms with E-state index in [1.807, 2.05) is 0 Å². The van der Waals surface area contributed by atoms with Gasteiger partial charge < -0.3 is 0 Å². The molecule has 2 amide bonds. The summed E-state index contributed by atoms with van der Waals surface area (Å²) in [6, 6.07) is 10.6. The van der Waals surface area contributed by atoms with Gasteiger partial charge in [0.1, 0.15) is 5.78 Å². The van der Waals surface area contributed by atoms with Gasteiger partial charge in [-0.05, 0) is 36.8 Å². The van der Waals surface area contributed by atoms with E-state index in [-0.39, 0.29) is 12.2 Å². The number of halogens is 2. The highest BCUT2D eigenvalue weighted by Gasteiger charge is 2.41. The summed E-state index contributed by atoms with van der Waals surface area (Å²) in [5, 5.41) is 0.748. The Morgan fingerprint density at radius 3 is 2.12 bits per heavy atom. The number of carbonyl (C=O) groups is 3. The van der Waals surface area contributed by atoms with Crippen molar-refractivity contribution in [3.63, 3.8) is 0 Å². The smallest absolute Gasteiger partial charge is 0.262 e. The highest BCUT2D eigenvalue weighted by atomic mass is 35.5. The van der Waals surface area contributed by atoms with Crippen molar-refractivity contribution in [2.45, 2.75) is 19.4 Å². The van der Waals surface area contributed by atoms with E-state index >= 15 is 0 Å². The van der Waals surface area contributed by atoms with E-state index in [1.165, 1.54) is 13.0 Å². The van der Waals surface area contributed by atoms with E-state index in [1.54, 1.807) is 36.4 Å². The summed E-state index contributed by atoms with van der Waals surface area (Å²) >= 11 is 12.2. The van der Waals surface area contributed by atoms with Gasteiger partial charge in [-0.1, -0.05) is 41.4 Å². The number of nitrogens with zero attached hydrogens (tertiary/aromatic N) is 1. The molecule has 0 saturated heterocycles. The van der Waals surface area contributed by atoms with Crippen LogP contribution in [0.5, 0.6) is 0 Å². The van der Waals surface area contributed by atoms with E-state index in [0.717, 1.165) is 4.90 Å².